The second-order valence-electron chi connectivity index (χ2n) is 10.1. The van der Waals surface area contributed by atoms with Crippen LogP contribution in [0.1, 0.15) is 35.7 Å². The van der Waals surface area contributed by atoms with E-state index < -0.39 is 30.6 Å². The van der Waals surface area contributed by atoms with Gasteiger partial charge in [-0.05, 0) is 56.4 Å². The second kappa shape index (κ2) is 11.9. The van der Waals surface area contributed by atoms with Crippen molar-refractivity contribution in [3.8, 4) is 11.1 Å². The minimum Gasteiger partial charge on any atom is -0.392 e. The molecule has 3 rings (SSSR count). The molecule has 202 valence electrons. The van der Waals surface area contributed by atoms with Crippen molar-refractivity contribution in [3.63, 3.8) is 0 Å². The molecule has 0 aliphatic heterocycles. The highest BCUT2D eigenvalue weighted by Crippen LogP contribution is 2.38. The predicted molar refractivity (Wildman–Crippen MR) is 146 cm³/mol. The first-order valence-corrected chi connectivity index (χ1v) is 17.5. The van der Waals surface area contributed by atoms with Crippen LogP contribution in [0.2, 0.25) is 19.6 Å². The van der Waals surface area contributed by atoms with E-state index in [1.54, 1.807) is 56.3 Å². The van der Waals surface area contributed by atoms with E-state index >= 15 is 0 Å². The van der Waals surface area contributed by atoms with E-state index in [2.05, 4.69) is 5.16 Å². The summed E-state index contributed by atoms with van der Waals surface area (Å²) in [5, 5.41) is 13.7. The molecule has 0 saturated heterocycles. The smallest absolute Gasteiger partial charge is 0.269 e. The van der Waals surface area contributed by atoms with Crippen molar-refractivity contribution in [1.29, 1.82) is 0 Å². The van der Waals surface area contributed by atoms with E-state index in [4.69, 9.17) is 9.26 Å². The number of aliphatic hydroxyl groups is 1. The molecule has 3 aromatic rings. The third-order valence-corrected chi connectivity index (χ3v) is 10.1. The number of aromatic nitrogens is 1. The zero-order chi connectivity index (χ0) is 27.4. The van der Waals surface area contributed by atoms with Gasteiger partial charge in [0.15, 0.2) is 0 Å². The fraction of sp³-hybridized carbons (Fsp3) is 0.444. The molecule has 0 radical (unpaired) electrons. The summed E-state index contributed by atoms with van der Waals surface area (Å²) in [6.45, 7) is 11.2. The van der Waals surface area contributed by atoms with Crippen LogP contribution >= 0.6 is 0 Å². The summed E-state index contributed by atoms with van der Waals surface area (Å²) in [6.07, 6.45) is 0.705. The molecule has 1 N–H and O–H groups in total. The molecule has 10 heteroatoms. The maximum atomic E-state index is 14.6. The Hall–Kier alpha value is -2.53. The summed E-state index contributed by atoms with van der Waals surface area (Å²) < 4.78 is 55.2. The zero-order valence-electron chi connectivity index (χ0n) is 22.4. The van der Waals surface area contributed by atoms with Gasteiger partial charge in [-0.15, -0.1) is 0 Å². The monoisotopic (exact) mass is 548 g/mol. The number of ether oxygens (including phenoxy) is 1. The highest BCUT2D eigenvalue weighted by atomic mass is 32.2. The maximum absolute atomic E-state index is 14.6. The van der Waals surface area contributed by atoms with E-state index in [-0.39, 0.29) is 17.4 Å². The van der Waals surface area contributed by atoms with Crippen LogP contribution in [0.3, 0.4) is 0 Å². The summed E-state index contributed by atoms with van der Waals surface area (Å²) in [6, 6.07) is 12.1. The number of sulfonamides is 1. The molecule has 1 unspecified atom stereocenters. The molecule has 0 fully saturated rings. The van der Waals surface area contributed by atoms with Crippen LogP contribution in [0.5, 0.6) is 0 Å². The highest BCUT2D eigenvalue weighted by Gasteiger charge is 2.44. The molecular formula is C27H37FN2O5SSi. The van der Waals surface area contributed by atoms with Gasteiger partial charge in [0.05, 0.1) is 23.9 Å². The van der Waals surface area contributed by atoms with Crippen LogP contribution in [-0.2, 0) is 27.8 Å². The first-order chi connectivity index (χ1) is 17.5. The molecule has 1 heterocycles. The number of hydrogen-bond acceptors (Lipinski definition) is 6. The van der Waals surface area contributed by atoms with Crippen molar-refractivity contribution in [2.75, 3.05) is 17.6 Å². The topological polar surface area (TPSA) is 92.9 Å². The standard InChI is InChI=1S/C27H37FN2O5SSi/c1-7-34-27(37(4,5)6)30(26-19(2)20(3)29-35-26)36(32,33)25-13-9-8-12-24(25)23-15-14-21(18-31)17-22(23)11-10-16-28/h8-9,12-15,17,27,31H,7,10-11,16,18H2,1-6H3. The first-order valence-electron chi connectivity index (χ1n) is 12.4. The zero-order valence-corrected chi connectivity index (χ0v) is 24.2. The third-order valence-electron chi connectivity index (χ3n) is 6.26. The Balaban J connectivity index is 2.30. The third kappa shape index (κ3) is 6.14. The molecule has 0 saturated carbocycles. The van der Waals surface area contributed by atoms with Gasteiger partial charge in [-0.3, -0.25) is 4.39 Å². The number of benzene rings is 2. The van der Waals surface area contributed by atoms with E-state index in [1.165, 1.54) is 4.31 Å². The second-order valence-corrected chi connectivity index (χ2v) is 17.1. The van der Waals surface area contributed by atoms with Crippen molar-refractivity contribution in [3.05, 3.63) is 64.8 Å². The quantitative estimate of drug-likeness (QED) is 0.228. The summed E-state index contributed by atoms with van der Waals surface area (Å²) >= 11 is 0. The minimum absolute atomic E-state index is 0.0876. The summed E-state index contributed by atoms with van der Waals surface area (Å²) in [4.78, 5) is 0.0876. The van der Waals surface area contributed by atoms with E-state index in [0.717, 1.165) is 5.56 Å². The lowest BCUT2D eigenvalue weighted by atomic mass is 9.95. The number of hydrogen-bond donors (Lipinski definition) is 1. The Kier molecular flexibility index (Phi) is 9.33. The molecule has 1 atom stereocenters. The van der Waals surface area contributed by atoms with Gasteiger partial charge in [-0.2, -0.15) is 0 Å². The fourth-order valence-corrected chi connectivity index (χ4v) is 8.74. The largest absolute Gasteiger partial charge is 0.392 e. The molecule has 0 bridgehead atoms. The van der Waals surface area contributed by atoms with Gasteiger partial charge in [-0.1, -0.05) is 61.2 Å². The molecule has 0 aliphatic rings. The van der Waals surface area contributed by atoms with E-state index in [1.807, 2.05) is 26.6 Å². The number of alkyl halides is 1. The Bertz CT molecular complexity index is 1320. The Morgan fingerprint density at radius 3 is 2.41 bits per heavy atom. The lowest BCUT2D eigenvalue weighted by molar-refractivity contribution is 0.116. The van der Waals surface area contributed by atoms with E-state index in [0.29, 0.717) is 47.4 Å². The number of aliphatic hydroxyl groups excluding tert-OH is 1. The molecule has 0 spiro atoms. The van der Waals surface area contributed by atoms with Crippen LogP contribution < -0.4 is 4.31 Å². The van der Waals surface area contributed by atoms with E-state index in [9.17, 15) is 17.9 Å². The number of nitrogens with zero attached hydrogens (tertiary/aromatic N) is 2. The molecule has 7 nitrogen and oxygen atoms in total. The number of rotatable bonds is 12. The first kappa shape index (κ1) is 29.0. The molecular weight excluding hydrogens is 511 g/mol. The van der Waals surface area contributed by atoms with Crippen molar-refractivity contribution >= 4 is 24.0 Å². The van der Waals surface area contributed by atoms with Gasteiger partial charge >= 0.3 is 0 Å². The van der Waals surface area contributed by atoms with Gasteiger partial charge in [0, 0.05) is 17.7 Å². The van der Waals surface area contributed by atoms with Crippen LogP contribution in [-0.4, -0.2) is 45.9 Å². The molecule has 1 aromatic heterocycles. The van der Waals surface area contributed by atoms with Gasteiger partial charge in [0.2, 0.25) is 5.88 Å². The lowest BCUT2D eigenvalue weighted by Crippen LogP contribution is -2.55. The highest BCUT2D eigenvalue weighted by molar-refractivity contribution is 7.93. The van der Waals surface area contributed by atoms with Crippen molar-refractivity contribution < 1.29 is 27.2 Å². The Morgan fingerprint density at radius 2 is 1.84 bits per heavy atom. The lowest BCUT2D eigenvalue weighted by Gasteiger charge is -2.37. The van der Waals surface area contributed by atoms with Gasteiger partial charge in [0.25, 0.3) is 10.0 Å². The van der Waals surface area contributed by atoms with Gasteiger partial charge < -0.3 is 14.4 Å². The summed E-state index contributed by atoms with van der Waals surface area (Å²) in [7, 11) is -6.49. The summed E-state index contributed by atoms with van der Waals surface area (Å²) in [5.74, 6) is -0.606. The molecule has 0 aliphatic carbocycles. The van der Waals surface area contributed by atoms with Crippen LogP contribution in [0.4, 0.5) is 10.3 Å². The minimum atomic E-state index is -4.21. The van der Waals surface area contributed by atoms with Crippen molar-refractivity contribution in [1.82, 2.24) is 5.16 Å². The molecule has 2 aromatic carbocycles. The number of anilines is 1. The number of halogens is 1. The van der Waals surface area contributed by atoms with Gasteiger partial charge in [-0.25, -0.2) is 12.7 Å². The fourth-order valence-electron chi connectivity index (χ4n) is 4.27. The van der Waals surface area contributed by atoms with Crippen LogP contribution in [0.15, 0.2) is 51.9 Å². The summed E-state index contributed by atoms with van der Waals surface area (Å²) in [5.41, 5.74) is 3.85. The Morgan fingerprint density at radius 1 is 1.14 bits per heavy atom. The normalized spacial score (nSPS) is 13.1. The molecule has 37 heavy (non-hydrogen) atoms. The predicted octanol–water partition coefficient (Wildman–Crippen LogP) is 5.79. The van der Waals surface area contributed by atoms with Crippen LogP contribution in [0, 0.1) is 13.8 Å². The maximum Gasteiger partial charge on any atom is 0.269 e. The Labute approximate surface area is 220 Å². The van der Waals surface area contributed by atoms with Gasteiger partial charge in [0.1, 0.15) is 13.9 Å². The molecule has 0 amide bonds. The SMILES string of the molecule is CCOC(N(c1onc(C)c1C)S(=O)(=O)c1ccccc1-c1ccc(CO)cc1CCCF)[Si](C)(C)C. The van der Waals surface area contributed by atoms with Crippen molar-refractivity contribution in [2.45, 2.75) is 70.6 Å². The number of aryl methyl sites for hydroxylation is 2. The van der Waals surface area contributed by atoms with Crippen LogP contribution in [0.25, 0.3) is 11.1 Å². The average Bonchev–Trinajstić information content (AvgIpc) is 3.19. The van der Waals surface area contributed by atoms with Crippen molar-refractivity contribution in [2.24, 2.45) is 0 Å². The average molecular weight is 549 g/mol.